The number of hydrogen-bond donors (Lipinski definition) is 2. The molecule has 0 aliphatic heterocycles. The van der Waals surface area contributed by atoms with Crippen LogP contribution in [0.25, 0.3) is 0 Å². The summed E-state index contributed by atoms with van der Waals surface area (Å²) >= 11 is 0. The average Bonchev–Trinajstić information content (AvgIpc) is 1.80. The molecule has 0 aliphatic carbocycles. The minimum atomic E-state index is -1.38. The summed E-state index contributed by atoms with van der Waals surface area (Å²) in [6.07, 6.45) is -1.14. The molecule has 4 nitrogen and oxygen atoms in total. The van der Waals surface area contributed by atoms with Gasteiger partial charge in [-0.05, 0) is 6.92 Å². The summed E-state index contributed by atoms with van der Waals surface area (Å²) in [6, 6.07) is 0. The van der Waals surface area contributed by atoms with Crippen molar-refractivity contribution in [2.24, 2.45) is 0 Å². The van der Waals surface area contributed by atoms with Crippen LogP contribution in [0.15, 0.2) is 0 Å². The van der Waals surface area contributed by atoms with E-state index in [9.17, 15) is 4.79 Å². The van der Waals surface area contributed by atoms with E-state index in [2.05, 4.69) is 19.6 Å². The highest BCUT2D eigenvalue weighted by atomic mass is 28.3. The van der Waals surface area contributed by atoms with E-state index < -0.39 is 14.2 Å². The lowest BCUT2D eigenvalue weighted by Gasteiger charge is -2.23. The van der Waals surface area contributed by atoms with Crippen LogP contribution in [0.1, 0.15) is 6.92 Å². The van der Waals surface area contributed by atoms with Gasteiger partial charge in [-0.1, -0.05) is 19.6 Å². The van der Waals surface area contributed by atoms with Crippen LogP contribution in [0.4, 0.5) is 4.79 Å². The molecule has 1 atom stereocenters. The molecule has 1 unspecified atom stereocenters. The average molecular weight is 177 g/mol. The number of hydroxylamine groups is 1. The topological polar surface area (TPSA) is 58.6 Å². The molecule has 0 aromatic carbocycles. The first-order valence-corrected chi connectivity index (χ1v) is 7.06. The second-order valence-corrected chi connectivity index (χ2v) is 9.08. The highest BCUT2D eigenvalue weighted by Crippen LogP contribution is 2.08. The molecule has 0 heterocycles. The standard InChI is InChI=1S/C6H15NO3Si/c1-5(11(2,3)4)10-7-6(8)9/h5,7H,1-4H3,(H,8,9). The lowest BCUT2D eigenvalue weighted by atomic mass is 10.9. The van der Waals surface area contributed by atoms with Gasteiger partial charge in [0.05, 0.1) is 13.8 Å². The molecule has 0 fully saturated rings. The molecule has 0 radical (unpaired) electrons. The predicted molar refractivity (Wildman–Crippen MR) is 45.1 cm³/mol. The van der Waals surface area contributed by atoms with Crippen LogP contribution in [0.5, 0.6) is 0 Å². The third kappa shape index (κ3) is 4.80. The molecule has 0 aliphatic rings. The highest BCUT2D eigenvalue weighted by Gasteiger charge is 2.23. The van der Waals surface area contributed by atoms with Crippen LogP contribution in [0, 0.1) is 0 Å². The fraction of sp³-hybridized carbons (Fsp3) is 0.833. The SMILES string of the molecule is CC(ONC(=O)O)[Si](C)(C)C. The monoisotopic (exact) mass is 177 g/mol. The van der Waals surface area contributed by atoms with Crippen LogP contribution >= 0.6 is 0 Å². The largest absolute Gasteiger partial charge is 0.464 e. The van der Waals surface area contributed by atoms with E-state index in [4.69, 9.17) is 9.94 Å². The van der Waals surface area contributed by atoms with E-state index in [1.807, 2.05) is 12.4 Å². The molecule has 0 bridgehead atoms. The Labute approximate surface area is 67.5 Å². The van der Waals surface area contributed by atoms with Gasteiger partial charge < -0.3 is 5.11 Å². The molecule has 66 valence electrons. The smallest absolute Gasteiger partial charge is 0.428 e. The normalized spacial score (nSPS) is 14.2. The van der Waals surface area contributed by atoms with Crippen molar-refractivity contribution >= 4 is 14.2 Å². The Morgan fingerprint density at radius 1 is 1.55 bits per heavy atom. The highest BCUT2D eigenvalue weighted by molar-refractivity contribution is 6.77. The Morgan fingerprint density at radius 2 is 2.00 bits per heavy atom. The van der Waals surface area contributed by atoms with Gasteiger partial charge in [0.15, 0.2) is 0 Å². The molecule has 11 heavy (non-hydrogen) atoms. The second kappa shape index (κ2) is 3.73. The fourth-order valence-electron chi connectivity index (χ4n) is 0.316. The van der Waals surface area contributed by atoms with Crippen molar-refractivity contribution in [3.63, 3.8) is 0 Å². The molecule has 0 saturated heterocycles. The van der Waals surface area contributed by atoms with Crippen molar-refractivity contribution in [1.29, 1.82) is 0 Å². The lowest BCUT2D eigenvalue weighted by molar-refractivity contribution is 0.0258. The summed E-state index contributed by atoms with van der Waals surface area (Å²) in [5, 5.41) is 8.21. The molecule has 2 N–H and O–H groups in total. The first kappa shape index (κ1) is 10.4. The van der Waals surface area contributed by atoms with Crippen molar-refractivity contribution in [2.75, 3.05) is 0 Å². The van der Waals surface area contributed by atoms with E-state index in [1.54, 1.807) is 0 Å². The Morgan fingerprint density at radius 3 is 2.27 bits per heavy atom. The van der Waals surface area contributed by atoms with Crippen LogP contribution < -0.4 is 5.48 Å². The Kier molecular flexibility index (Phi) is 3.54. The van der Waals surface area contributed by atoms with Crippen molar-refractivity contribution in [3.05, 3.63) is 0 Å². The van der Waals surface area contributed by atoms with Gasteiger partial charge in [-0.25, -0.2) is 4.79 Å². The van der Waals surface area contributed by atoms with Crippen LogP contribution in [0.2, 0.25) is 19.6 Å². The molecule has 5 heteroatoms. The van der Waals surface area contributed by atoms with Crippen molar-refractivity contribution in [3.8, 4) is 0 Å². The number of amides is 1. The van der Waals surface area contributed by atoms with E-state index in [1.165, 1.54) is 0 Å². The molecule has 0 spiro atoms. The summed E-state index contributed by atoms with van der Waals surface area (Å²) in [5.74, 6) is 0. The first-order valence-electron chi connectivity index (χ1n) is 3.48. The summed E-state index contributed by atoms with van der Waals surface area (Å²) in [6.45, 7) is 8.21. The van der Waals surface area contributed by atoms with Gasteiger partial charge in [-0.2, -0.15) is 5.48 Å². The van der Waals surface area contributed by atoms with Gasteiger partial charge in [-0.15, -0.1) is 0 Å². The summed E-state index contributed by atoms with van der Waals surface area (Å²) in [5.41, 5.74) is 1.90. The zero-order valence-corrected chi connectivity index (χ0v) is 8.34. The van der Waals surface area contributed by atoms with Crippen molar-refractivity contribution in [2.45, 2.75) is 32.3 Å². The minimum Gasteiger partial charge on any atom is -0.464 e. The van der Waals surface area contributed by atoms with E-state index >= 15 is 0 Å². The third-order valence-electron chi connectivity index (χ3n) is 1.54. The zero-order chi connectivity index (χ0) is 9.07. The number of carboxylic acid groups (broad SMARTS) is 1. The van der Waals surface area contributed by atoms with E-state index in [0.29, 0.717) is 0 Å². The van der Waals surface area contributed by atoms with Crippen LogP contribution in [0.3, 0.4) is 0 Å². The summed E-state index contributed by atoms with van der Waals surface area (Å²) in [4.78, 5) is 14.9. The Hall–Kier alpha value is -0.553. The molecule has 0 saturated carbocycles. The van der Waals surface area contributed by atoms with Gasteiger partial charge in [0, 0.05) is 0 Å². The maximum absolute atomic E-state index is 10.0. The van der Waals surface area contributed by atoms with Gasteiger partial charge >= 0.3 is 6.09 Å². The van der Waals surface area contributed by atoms with Gasteiger partial charge in [0.2, 0.25) is 0 Å². The second-order valence-electron chi connectivity index (χ2n) is 3.53. The Bertz CT molecular complexity index is 143. The molecule has 0 aromatic rings. The van der Waals surface area contributed by atoms with E-state index in [0.717, 1.165) is 0 Å². The molecule has 1 amide bonds. The van der Waals surface area contributed by atoms with Gasteiger partial charge in [0.25, 0.3) is 0 Å². The van der Waals surface area contributed by atoms with Crippen LogP contribution in [-0.4, -0.2) is 25.0 Å². The molecular weight excluding hydrogens is 162 g/mol. The molecule has 0 rings (SSSR count). The van der Waals surface area contributed by atoms with Crippen molar-refractivity contribution < 1.29 is 14.7 Å². The zero-order valence-electron chi connectivity index (χ0n) is 7.34. The predicted octanol–water partition coefficient (Wildman–Crippen LogP) is 1.45. The number of nitrogens with one attached hydrogen (secondary N) is 1. The maximum atomic E-state index is 10.0. The van der Waals surface area contributed by atoms with Crippen LogP contribution in [-0.2, 0) is 4.84 Å². The Balaban J connectivity index is 3.70. The molecule has 0 aromatic heterocycles. The molecular formula is C6H15NO3Si. The number of hydrogen-bond acceptors (Lipinski definition) is 2. The van der Waals surface area contributed by atoms with Crippen molar-refractivity contribution in [1.82, 2.24) is 5.48 Å². The summed E-state index contributed by atoms with van der Waals surface area (Å²) < 4.78 is 0. The van der Waals surface area contributed by atoms with Gasteiger partial charge in [-0.3, -0.25) is 4.84 Å². The lowest BCUT2D eigenvalue weighted by Crippen LogP contribution is -2.42. The fourth-order valence-corrected chi connectivity index (χ4v) is 0.728. The maximum Gasteiger partial charge on any atom is 0.428 e. The summed E-state index contributed by atoms with van der Waals surface area (Å²) in [7, 11) is -1.38. The number of carbonyl (C=O) groups is 1. The van der Waals surface area contributed by atoms with E-state index in [-0.39, 0.29) is 5.73 Å². The third-order valence-corrected chi connectivity index (χ3v) is 4.10. The minimum absolute atomic E-state index is 0.00130. The quantitative estimate of drug-likeness (QED) is 0.506. The van der Waals surface area contributed by atoms with Gasteiger partial charge in [0.1, 0.15) is 0 Å². The number of rotatable bonds is 3. The first-order chi connectivity index (χ1) is 4.84.